The van der Waals surface area contributed by atoms with Gasteiger partial charge in [0, 0.05) is 45.0 Å². The fraction of sp³-hybridized carbons (Fsp3) is 0.412. The Bertz CT molecular complexity index is 928. The molecule has 3 saturated heterocycles. The molecule has 7 nitrogen and oxygen atoms in total. The van der Waals surface area contributed by atoms with Gasteiger partial charge >= 0.3 is 0 Å². The largest absolute Gasteiger partial charge is 0.346 e. The number of hydrogen-bond donors (Lipinski definition) is 0. The third-order valence-electron chi connectivity index (χ3n) is 5.20. The van der Waals surface area contributed by atoms with E-state index in [0.29, 0.717) is 24.3 Å². The normalized spacial score (nSPS) is 23.0. The summed E-state index contributed by atoms with van der Waals surface area (Å²) >= 11 is 0. The zero-order valence-electron chi connectivity index (χ0n) is 13.9. The SMILES string of the molecule is Cn1cnc2c(N3C4CC3CN(Cc3ncccc3F)C4)ncnc21. The van der Waals surface area contributed by atoms with Crippen LogP contribution < -0.4 is 4.90 Å². The number of piperazine rings is 1. The van der Waals surface area contributed by atoms with Gasteiger partial charge in [0.25, 0.3) is 0 Å². The number of aryl methyl sites for hydroxylation is 1. The Labute approximate surface area is 144 Å². The zero-order chi connectivity index (χ0) is 17.0. The second-order valence-electron chi connectivity index (χ2n) is 6.80. The molecule has 2 atom stereocenters. The van der Waals surface area contributed by atoms with Crippen molar-refractivity contribution >= 4 is 17.0 Å². The number of pyridine rings is 1. The number of anilines is 1. The molecular formula is C17H18FN7. The summed E-state index contributed by atoms with van der Waals surface area (Å²) in [6, 6.07) is 3.86. The molecule has 0 radical (unpaired) electrons. The van der Waals surface area contributed by atoms with Crippen molar-refractivity contribution in [2.75, 3.05) is 18.0 Å². The molecule has 2 unspecified atom stereocenters. The highest BCUT2D eigenvalue weighted by Crippen LogP contribution is 2.38. The molecule has 0 N–H and O–H groups in total. The summed E-state index contributed by atoms with van der Waals surface area (Å²) in [5.41, 5.74) is 2.22. The van der Waals surface area contributed by atoms with Gasteiger partial charge in [0.2, 0.25) is 0 Å². The Hall–Kier alpha value is -2.61. The topological polar surface area (TPSA) is 63.0 Å². The van der Waals surface area contributed by atoms with E-state index in [4.69, 9.17) is 0 Å². The predicted octanol–water partition coefficient (Wildman–Crippen LogP) is 1.36. The molecule has 0 aliphatic carbocycles. The van der Waals surface area contributed by atoms with Crippen LogP contribution in [0.15, 0.2) is 31.0 Å². The lowest BCUT2D eigenvalue weighted by Crippen LogP contribution is -2.69. The lowest BCUT2D eigenvalue weighted by molar-refractivity contribution is 0.106. The van der Waals surface area contributed by atoms with E-state index in [2.05, 4.69) is 29.7 Å². The fourth-order valence-electron chi connectivity index (χ4n) is 4.04. The second-order valence-corrected chi connectivity index (χ2v) is 6.80. The maximum Gasteiger partial charge on any atom is 0.165 e. The Morgan fingerprint density at radius 3 is 2.80 bits per heavy atom. The van der Waals surface area contributed by atoms with Crippen LogP contribution in [0.4, 0.5) is 10.2 Å². The molecule has 0 spiro atoms. The first-order chi connectivity index (χ1) is 12.2. The van der Waals surface area contributed by atoms with Crippen LogP contribution in [0.1, 0.15) is 12.1 Å². The minimum Gasteiger partial charge on any atom is -0.346 e. The molecule has 0 amide bonds. The highest BCUT2D eigenvalue weighted by Gasteiger charge is 2.46. The van der Waals surface area contributed by atoms with Gasteiger partial charge in [0.1, 0.15) is 12.1 Å². The van der Waals surface area contributed by atoms with E-state index in [1.165, 1.54) is 6.07 Å². The molecule has 25 heavy (non-hydrogen) atoms. The number of piperidine rings is 1. The fourth-order valence-corrected chi connectivity index (χ4v) is 4.04. The quantitative estimate of drug-likeness (QED) is 0.718. The maximum absolute atomic E-state index is 13.8. The lowest BCUT2D eigenvalue weighted by Gasteiger charge is -2.56. The summed E-state index contributed by atoms with van der Waals surface area (Å²) in [5.74, 6) is 0.681. The molecule has 3 aromatic heterocycles. The number of imidazole rings is 1. The zero-order valence-corrected chi connectivity index (χ0v) is 13.9. The number of aromatic nitrogens is 5. The van der Waals surface area contributed by atoms with Crippen LogP contribution in [0, 0.1) is 5.82 Å². The van der Waals surface area contributed by atoms with E-state index in [-0.39, 0.29) is 5.82 Å². The molecule has 2 bridgehead atoms. The number of halogens is 1. The summed E-state index contributed by atoms with van der Waals surface area (Å²) in [4.78, 5) is 22.1. The van der Waals surface area contributed by atoms with Gasteiger partial charge in [0.15, 0.2) is 17.0 Å². The van der Waals surface area contributed by atoms with Crippen molar-refractivity contribution in [2.24, 2.45) is 7.05 Å². The Kier molecular flexibility index (Phi) is 3.21. The van der Waals surface area contributed by atoms with Crippen molar-refractivity contribution in [3.8, 4) is 0 Å². The highest BCUT2D eigenvalue weighted by atomic mass is 19.1. The average molecular weight is 339 g/mol. The minimum absolute atomic E-state index is 0.232. The summed E-state index contributed by atoms with van der Waals surface area (Å²) in [6.45, 7) is 2.31. The van der Waals surface area contributed by atoms with E-state index in [1.54, 1.807) is 24.9 Å². The first-order valence-corrected chi connectivity index (χ1v) is 8.43. The Morgan fingerprint density at radius 2 is 2.00 bits per heavy atom. The van der Waals surface area contributed by atoms with Gasteiger partial charge in [-0.25, -0.2) is 19.3 Å². The molecule has 3 aliphatic heterocycles. The van der Waals surface area contributed by atoms with Crippen LogP contribution >= 0.6 is 0 Å². The summed E-state index contributed by atoms with van der Waals surface area (Å²) in [6.07, 6.45) is 6.16. The van der Waals surface area contributed by atoms with Crippen LogP contribution in [0.3, 0.4) is 0 Å². The van der Waals surface area contributed by atoms with Gasteiger partial charge in [0.05, 0.1) is 12.0 Å². The van der Waals surface area contributed by atoms with Crippen LogP contribution in [0.5, 0.6) is 0 Å². The van der Waals surface area contributed by atoms with Gasteiger partial charge < -0.3 is 9.47 Å². The minimum atomic E-state index is -0.232. The molecule has 3 fully saturated rings. The number of fused-ring (bicyclic) bond motifs is 3. The molecule has 6 heterocycles. The summed E-state index contributed by atoms with van der Waals surface area (Å²) < 4.78 is 15.8. The summed E-state index contributed by atoms with van der Waals surface area (Å²) in [7, 11) is 1.94. The van der Waals surface area contributed by atoms with Gasteiger partial charge in [-0.05, 0) is 18.6 Å². The number of nitrogens with zero attached hydrogens (tertiary/aromatic N) is 7. The van der Waals surface area contributed by atoms with Crippen LogP contribution in [0.25, 0.3) is 11.2 Å². The van der Waals surface area contributed by atoms with Crippen LogP contribution in [-0.4, -0.2) is 54.6 Å². The van der Waals surface area contributed by atoms with Crippen LogP contribution in [-0.2, 0) is 13.6 Å². The first kappa shape index (κ1) is 14.7. The van der Waals surface area contributed by atoms with Crippen molar-refractivity contribution in [3.05, 3.63) is 42.5 Å². The molecule has 0 saturated carbocycles. The van der Waals surface area contributed by atoms with E-state index in [1.807, 2.05) is 11.6 Å². The third kappa shape index (κ3) is 2.28. The first-order valence-electron chi connectivity index (χ1n) is 8.43. The van der Waals surface area contributed by atoms with Crippen molar-refractivity contribution in [1.29, 1.82) is 0 Å². The van der Waals surface area contributed by atoms with Gasteiger partial charge in [-0.1, -0.05) is 0 Å². The monoisotopic (exact) mass is 339 g/mol. The predicted molar refractivity (Wildman–Crippen MR) is 90.4 cm³/mol. The average Bonchev–Trinajstić information content (AvgIpc) is 2.99. The van der Waals surface area contributed by atoms with Crippen molar-refractivity contribution < 1.29 is 4.39 Å². The highest BCUT2D eigenvalue weighted by molar-refractivity contribution is 5.84. The maximum atomic E-state index is 13.8. The third-order valence-corrected chi connectivity index (χ3v) is 5.20. The van der Waals surface area contributed by atoms with E-state index >= 15 is 0 Å². The molecule has 3 aliphatic rings. The van der Waals surface area contributed by atoms with E-state index in [9.17, 15) is 4.39 Å². The van der Waals surface area contributed by atoms with Crippen LogP contribution in [0.2, 0.25) is 0 Å². The molecule has 6 rings (SSSR count). The molecule has 128 valence electrons. The van der Waals surface area contributed by atoms with E-state index < -0.39 is 0 Å². The number of rotatable bonds is 3. The standard InChI is InChI=1S/C17H18FN7/c1-23-10-22-15-16(23)20-9-21-17(15)25-11-5-12(25)7-24(6-11)8-14-13(18)3-2-4-19-14/h2-4,9-12H,5-8H2,1H3. The molecule has 0 aromatic carbocycles. The van der Waals surface area contributed by atoms with Crippen molar-refractivity contribution in [2.45, 2.75) is 25.0 Å². The molecule has 8 heteroatoms. The molecular weight excluding hydrogens is 321 g/mol. The smallest absolute Gasteiger partial charge is 0.165 e. The summed E-state index contributed by atoms with van der Waals surface area (Å²) in [5, 5.41) is 0. The van der Waals surface area contributed by atoms with Gasteiger partial charge in [-0.2, -0.15) is 0 Å². The van der Waals surface area contributed by atoms with Crippen molar-refractivity contribution in [3.63, 3.8) is 0 Å². The van der Waals surface area contributed by atoms with Crippen molar-refractivity contribution in [1.82, 2.24) is 29.4 Å². The Balaban J connectivity index is 1.37. The molecule has 3 aromatic rings. The second kappa shape index (κ2) is 5.45. The lowest BCUT2D eigenvalue weighted by atomic mass is 9.87. The van der Waals surface area contributed by atoms with Gasteiger partial charge in [-0.15, -0.1) is 0 Å². The Morgan fingerprint density at radius 1 is 1.16 bits per heavy atom. The van der Waals surface area contributed by atoms with E-state index in [0.717, 1.165) is 36.5 Å². The van der Waals surface area contributed by atoms with Gasteiger partial charge in [-0.3, -0.25) is 9.88 Å². The number of hydrogen-bond acceptors (Lipinski definition) is 6.